The van der Waals surface area contributed by atoms with Crippen LogP contribution in [0.5, 0.6) is 5.75 Å². The number of nitrogens with one attached hydrogen (secondary N) is 1. The molecule has 0 aliphatic rings. The second-order valence-electron chi connectivity index (χ2n) is 4.10. The van der Waals surface area contributed by atoms with E-state index in [-0.39, 0.29) is 6.61 Å². The van der Waals surface area contributed by atoms with Crippen molar-refractivity contribution >= 4 is 5.69 Å². The van der Waals surface area contributed by atoms with Crippen molar-refractivity contribution in [3.8, 4) is 17.9 Å². The van der Waals surface area contributed by atoms with E-state index in [1.165, 1.54) is 0 Å². The molecule has 0 aliphatic heterocycles. The molecule has 0 amide bonds. The van der Waals surface area contributed by atoms with Crippen LogP contribution in [0.1, 0.15) is 11.1 Å². The van der Waals surface area contributed by atoms with Crippen LogP contribution in [-0.2, 0) is 6.54 Å². The zero-order valence-corrected chi connectivity index (χ0v) is 10.8. The average molecular weight is 263 g/mol. The minimum atomic E-state index is 0.0287. The number of para-hydroxylation sites is 1. The molecule has 2 rings (SSSR count). The molecule has 98 valence electrons. The second-order valence-corrected chi connectivity index (χ2v) is 4.10. The normalized spacial score (nSPS) is 9.30. The maximum atomic E-state index is 8.86. The van der Waals surface area contributed by atoms with Gasteiger partial charge >= 0.3 is 0 Å². The van der Waals surface area contributed by atoms with Gasteiger partial charge in [-0.25, -0.2) is 0 Å². The van der Waals surface area contributed by atoms with Gasteiger partial charge in [-0.05, 0) is 24.3 Å². The maximum absolute atomic E-state index is 8.86. The van der Waals surface area contributed by atoms with Crippen LogP contribution in [0.25, 0.3) is 0 Å². The Bertz CT molecular complexity index is 668. The van der Waals surface area contributed by atoms with Crippen LogP contribution < -0.4 is 10.1 Å². The summed E-state index contributed by atoms with van der Waals surface area (Å²) in [6.07, 6.45) is 0. The van der Waals surface area contributed by atoms with E-state index in [1.807, 2.05) is 42.5 Å². The highest BCUT2D eigenvalue weighted by Gasteiger charge is 2.03. The molecule has 0 fully saturated rings. The first-order valence-electron chi connectivity index (χ1n) is 6.15. The van der Waals surface area contributed by atoms with Gasteiger partial charge in [0.2, 0.25) is 0 Å². The highest BCUT2D eigenvalue weighted by atomic mass is 16.5. The van der Waals surface area contributed by atoms with Gasteiger partial charge in [0.05, 0.1) is 11.6 Å². The number of hydrogen-bond acceptors (Lipinski definition) is 4. The average Bonchev–Trinajstić information content (AvgIpc) is 2.52. The monoisotopic (exact) mass is 263 g/mol. The lowest BCUT2D eigenvalue weighted by Crippen LogP contribution is -2.03. The second kappa shape index (κ2) is 6.82. The fourth-order valence-electron chi connectivity index (χ4n) is 1.80. The number of nitrogens with zero attached hydrogens (tertiary/aromatic N) is 2. The molecule has 0 unspecified atom stereocenters. The Labute approximate surface area is 117 Å². The molecule has 0 saturated heterocycles. The fourth-order valence-corrected chi connectivity index (χ4v) is 1.80. The molecular formula is C16H13N3O. The van der Waals surface area contributed by atoms with E-state index in [0.717, 1.165) is 11.3 Å². The SMILES string of the molecule is N#CCOc1ccccc1CNc1cccc(C#N)c1. The molecule has 0 heterocycles. The number of hydrogen-bond donors (Lipinski definition) is 1. The summed E-state index contributed by atoms with van der Waals surface area (Å²) < 4.78 is 5.37. The van der Waals surface area contributed by atoms with Gasteiger partial charge in [0.15, 0.2) is 6.61 Å². The van der Waals surface area contributed by atoms with E-state index < -0.39 is 0 Å². The van der Waals surface area contributed by atoms with Gasteiger partial charge in [-0.15, -0.1) is 0 Å². The first-order chi connectivity index (χ1) is 9.83. The van der Waals surface area contributed by atoms with Gasteiger partial charge in [-0.1, -0.05) is 24.3 Å². The molecule has 0 radical (unpaired) electrons. The summed E-state index contributed by atoms with van der Waals surface area (Å²) in [4.78, 5) is 0. The molecule has 0 spiro atoms. The van der Waals surface area contributed by atoms with Gasteiger partial charge in [-0.3, -0.25) is 0 Å². The zero-order chi connectivity index (χ0) is 14.2. The molecule has 0 saturated carbocycles. The van der Waals surface area contributed by atoms with E-state index in [4.69, 9.17) is 15.3 Å². The predicted octanol–water partition coefficient (Wildman–Crippen LogP) is 3.07. The highest BCUT2D eigenvalue weighted by Crippen LogP contribution is 2.19. The minimum absolute atomic E-state index is 0.0287. The van der Waals surface area contributed by atoms with Crippen molar-refractivity contribution in [3.05, 3.63) is 59.7 Å². The van der Waals surface area contributed by atoms with E-state index in [9.17, 15) is 0 Å². The third-order valence-electron chi connectivity index (χ3n) is 2.74. The molecule has 4 nitrogen and oxygen atoms in total. The molecule has 0 aliphatic carbocycles. The first-order valence-corrected chi connectivity index (χ1v) is 6.15. The molecular weight excluding hydrogens is 250 g/mol. The lowest BCUT2D eigenvalue weighted by atomic mass is 10.2. The molecule has 0 bridgehead atoms. The van der Waals surface area contributed by atoms with Crippen LogP contribution in [0.4, 0.5) is 5.69 Å². The highest BCUT2D eigenvalue weighted by molar-refractivity contribution is 5.50. The van der Waals surface area contributed by atoms with Crippen molar-refractivity contribution in [1.29, 1.82) is 10.5 Å². The van der Waals surface area contributed by atoms with Crippen molar-refractivity contribution in [2.45, 2.75) is 6.54 Å². The lowest BCUT2D eigenvalue weighted by molar-refractivity contribution is 0.364. The quantitative estimate of drug-likeness (QED) is 0.900. The molecule has 2 aromatic rings. The predicted molar refractivity (Wildman–Crippen MR) is 76.0 cm³/mol. The Morgan fingerprint density at radius 1 is 1.05 bits per heavy atom. The van der Waals surface area contributed by atoms with Crippen LogP contribution >= 0.6 is 0 Å². The first kappa shape index (κ1) is 13.5. The van der Waals surface area contributed by atoms with E-state index in [2.05, 4.69) is 11.4 Å². The standard InChI is InChI=1S/C16H13N3O/c17-8-9-20-16-7-2-1-5-14(16)12-19-15-6-3-4-13(10-15)11-18/h1-7,10,19H,9,12H2. The summed E-state index contributed by atoms with van der Waals surface area (Å²) in [7, 11) is 0. The fraction of sp³-hybridized carbons (Fsp3) is 0.125. The molecule has 2 aromatic carbocycles. The summed E-state index contributed by atoms with van der Waals surface area (Å²) >= 11 is 0. The van der Waals surface area contributed by atoms with Crippen LogP contribution in [0, 0.1) is 22.7 Å². The third kappa shape index (κ3) is 3.51. The molecule has 1 N–H and O–H groups in total. The van der Waals surface area contributed by atoms with Gasteiger partial charge in [0, 0.05) is 17.8 Å². The van der Waals surface area contributed by atoms with E-state index in [0.29, 0.717) is 17.9 Å². The summed E-state index contributed by atoms with van der Waals surface area (Å²) in [5.74, 6) is 0.693. The van der Waals surface area contributed by atoms with Crippen molar-refractivity contribution < 1.29 is 4.74 Å². The smallest absolute Gasteiger partial charge is 0.174 e. The largest absolute Gasteiger partial charge is 0.478 e. The number of anilines is 1. The van der Waals surface area contributed by atoms with Gasteiger partial charge in [-0.2, -0.15) is 10.5 Å². The van der Waals surface area contributed by atoms with Gasteiger partial charge < -0.3 is 10.1 Å². The summed E-state index contributed by atoms with van der Waals surface area (Å²) in [6, 6.07) is 18.9. The molecule has 4 heteroatoms. The summed E-state index contributed by atoms with van der Waals surface area (Å²) in [5.41, 5.74) is 2.45. The zero-order valence-electron chi connectivity index (χ0n) is 10.8. The van der Waals surface area contributed by atoms with E-state index >= 15 is 0 Å². The maximum Gasteiger partial charge on any atom is 0.174 e. The number of ether oxygens (including phenoxy) is 1. The Kier molecular flexibility index (Phi) is 4.59. The lowest BCUT2D eigenvalue weighted by Gasteiger charge is -2.11. The van der Waals surface area contributed by atoms with E-state index in [1.54, 1.807) is 12.1 Å². The number of rotatable bonds is 5. The van der Waals surface area contributed by atoms with Crippen molar-refractivity contribution in [2.75, 3.05) is 11.9 Å². The number of benzene rings is 2. The van der Waals surface area contributed by atoms with Crippen LogP contribution in [-0.4, -0.2) is 6.61 Å². The Hall–Kier alpha value is -2.98. The van der Waals surface area contributed by atoms with Crippen LogP contribution in [0.15, 0.2) is 48.5 Å². The van der Waals surface area contributed by atoms with Crippen molar-refractivity contribution in [1.82, 2.24) is 0 Å². The summed E-state index contributed by atoms with van der Waals surface area (Å²) in [6.45, 7) is 0.595. The third-order valence-corrected chi connectivity index (χ3v) is 2.74. The molecule has 0 aromatic heterocycles. The molecule has 0 atom stereocenters. The van der Waals surface area contributed by atoms with Gasteiger partial charge in [0.25, 0.3) is 0 Å². The van der Waals surface area contributed by atoms with Gasteiger partial charge in [0.1, 0.15) is 11.8 Å². The Morgan fingerprint density at radius 2 is 1.90 bits per heavy atom. The Morgan fingerprint density at radius 3 is 2.70 bits per heavy atom. The number of nitriles is 2. The topological polar surface area (TPSA) is 68.8 Å². The minimum Gasteiger partial charge on any atom is -0.478 e. The van der Waals surface area contributed by atoms with Crippen LogP contribution in [0.3, 0.4) is 0 Å². The molecule has 20 heavy (non-hydrogen) atoms. The summed E-state index contributed by atoms with van der Waals surface area (Å²) in [5, 5.41) is 20.7. The van der Waals surface area contributed by atoms with Crippen LogP contribution in [0.2, 0.25) is 0 Å². The van der Waals surface area contributed by atoms with Crippen molar-refractivity contribution in [2.24, 2.45) is 0 Å². The Balaban J connectivity index is 2.07. The van der Waals surface area contributed by atoms with Crippen molar-refractivity contribution in [3.63, 3.8) is 0 Å².